The molecule has 1 heterocycles. The zero-order valence-corrected chi connectivity index (χ0v) is 14.4. The number of rotatable bonds is 5. The Morgan fingerprint density at radius 3 is 2.59 bits per heavy atom. The van der Waals surface area contributed by atoms with Gasteiger partial charge in [-0.25, -0.2) is 8.70 Å². The molecule has 1 N–H and O–H groups in total. The van der Waals surface area contributed by atoms with Crippen molar-refractivity contribution >= 4 is 11.9 Å². The first kappa shape index (κ1) is 16.5. The Kier molecular flexibility index (Phi) is 5.31. The number of hydrogen-bond acceptors (Lipinski definition) is 4. The quantitative estimate of drug-likeness (QED) is 0.785. The number of halogens is 1. The van der Waals surface area contributed by atoms with E-state index < -0.39 is 6.17 Å². The Bertz CT molecular complexity index is 413. The molecule has 5 heteroatoms. The van der Waals surface area contributed by atoms with Gasteiger partial charge in [0, 0.05) is 30.4 Å². The van der Waals surface area contributed by atoms with Crippen LogP contribution in [0.3, 0.4) is 0 Å². The van der Waals surface area contributed by atoms with Gasteiger partial charge in [0.2, 0.25) is 0 Å². The van der Waals surface area contributed by atoms with Crippen LogP contribution in [-0.4, -0.2) is 40.9 Å². The van der Waals surface area contributed by atoms with Gasteiger partial charge >= 0.3 is 0 Å². The van der Waals surface area contributed by atoms with E-state index in [1.807, 2.05) is 11.9 Å². The summed E-state index contributed by atoms with van der Waals surface area (Å²) in [5.41, 5.74) is 0.332. The van der Waals surface area contributed by atoms with E-state index in [2.05, 4.69) is 22.6 Å². The molecule has 2 saturated carbocycles. The fourth-order valence-electron chi connectivity index (χ4n) is 4.33. The zero-order valence-electron chi connectivity index (χ0n) is 13.6. The van der Waals surface area contributed by atoms with Crippen LogP contribution in [0.25, 0.3) is 0 Å². The van der Waals surface area contributed by atoms with Crippen LogP contribution in [-0.2, 0) is 0 Å². The predicted octanol–water partition coefficient (Wildman–Crippen LogP) is 3.52. The molecular weight excluding hydrogens is 297 g/mol. The van der Waals surface area contributed by atoms with Crippen molar-refractivity contribution in [2.24, 2.45) is 11.8 Å². The molecule has 0 aromatic rings. The van der Waals surface area contributed by atoms with Crippen LogP contribution in [0.1, 0.15) is 51.9 Å². The van der Waals surface area contributed by atoms with Crippen LogP contribution in [0.4, 0.5) is 4.39 Å². The summed E-state index contributed by atoms with van der Waals surface area (Å²) < 4.78 is 16.0. The number of piperidine rings is 1. The van der Waals surface area contributed by atoms with E-state index in [0.717, 1.165) is 51.7 Å². The lowest BCUT2D eigenvalue weighted by Crippen LogP contribution is -2.44. The Hall–Kier alpha value is -0.310. The molecular formula is C17H28FN3S. The second kappa shape index (κ2) is 7.07. The van der Waals surface area contributed by atoms with Crippen LogP contribution in [0.2, 0.25) is 0 Å². The lowest BCUT2D eigenvalue weighted by molar-refractivity contribution is 0.138. The minimum absolute atomic E-state index is 0.155. The van der Waals surface area contributed by atoms with Crippen molar-refractivity contribution in [3.05, 3.63) is 0 Å². The summed E-state index contributed by atoms with van der Waals surface area (Å²) in [5.74, 6) is 0.831. The number of alkyl halides is 1. The lowest BCUT2D eigenvalue weighted by atomic mass is 9.81. The first-order chi connectivity index (χ1) is 10.7. The summed E-state index contributed by atoms with van der Waals surface area (Å²) in [5, 5.41) is 13.1. The van der Waals surface area contributed by atoms with Gasteiger partial charge in [-0.05, 0) is 50.9 Å². The van der Waals surface area contributed by atoms with E-state index in [1.165, 1.54) is 12.8 Å². The normalized spacial score (nSPS) is 37.7. The highest BCUT2D eigenvalue weighted by atomic mass is 32.2. The molecule has 3 fully saturated rings. The maximum absolute atomic E-state index is 13.4. The average molecular weight is 325 g/mol. The van der Waals surface area contributed by atoms with Gasteiger partial charge in [-0.2, -0.15) is 5.26 Å². The Labute approximate surface area is 138 Å². The third-order valence-corrected chi connectivity index (χ3v) is 7.27. The third-order valence-electron chi connectivity index (χ3n) is 5.73. The first-order valence-electron chi connectivity index (χ1n) is 8.86. The van der Waals surface area contributed by atoms with Crippen LogP contribution >= 0.6 is 11.9 Å². The van der Waals surface area contributed by atoms with E-state index in [-0.39, 0.29) is 5.92 Å². The molecule has 1 saturated heterocycles. The standard InChI is InChI=1S/C17H28FN3S/c1-2-21(22-16-9-13(10-19)11-20-12-16)17(7-8-17)14-3-5-15(18)6-4-14/h13-16,20H,2-9,11-12H2,1H3. The summed E-state index contributed by atoms with van der Waals surface area (Å²) in [4.78, 5) is 0. The fourth-order valence-corrected chi connectivity index (χ4v) is 5.90. The van der Waals surface area contributed by atoms with Crippen LogP contribution in [0.5, 0.6) is 0 Å². The van der Waals surface area contributed by atoms with Crippen molar-refractivity contribution in [3.8, 4) is 6.07 Å². The fraction of sp³-hybridized carbons (Fsp3) is 0.941. The van der Waals surface area contributed by atoms with Gasteiger partial charge in [0.1, 0.15) is 6.17 Å². The Morgan fingerprint density at radius 1 is 1.27 bits per heavy atom. The maximum Gasteiger partial charge on any atom is 0.100 e. The number of hydrogen-bond donors (Lipinski definition) is 1. The van der Waals surface area contributed by atoms with Crippen LogP contribution in [0.15, 0.2) is 0 Å². The SMILES string of the molecule is CCN(SC1CNCC(C#N)C1)C1(C2CCC(F)CC2)CC1. The second-order valence-electron chi connectivity index (χ2n) is 7.19. The van der Waals surface area contributed by atoms with E-state index in [4.69, 9.17) is 5.26 Å². The van der Waals surface area contributed by atoms with Crippen LogP contribution < -0.4 is 5.32 Å². The van der Waals surface area contributed by atoms with Gasteiger partial charge in [0.25, 0.3) is 0 Å². The molecule has 2 unspecified atom stereocenters. The summed E-state index contributed by atoms with van der Waals surface area (Å²) in [7, 11) is 0. The number of nitrogens with zero attached hydrogens (tertiary/aromatic N) is 2. The molecule has 3 aliphatic rings. The minimum Gasteiger partial charge on any atom is -0.314 e. The Balaban J connectivity index is 1.60. The molecule has 2 aliphatic carbocycles. The molecule has 0 spiro atoms. The molecule has 22 heavy (non-hydrogen) atoms. The summed E-state index contributed by atoms with van der Waals surface area (Å²) in [6.07, 6.45) is 6.62. The highest BCUT2D eigenvalue weighted by molar-refractivity contribution is 7.97. The van der Waals surface area contributed by atoms with E-state index in [0.29, 0.717) is 16.7 Å². The number of nitriles is 1. The maximum atomic E-state index is 13.4. The molecule has 1 aliphatic heterocycles. The summed E-state index contributed by atoms with van der Waals surface area (Å²) in [6.45, 7) is 5.14. The van der Waals surface area contributed by atoms with E-state index in [9.17, 15) is 4.39 Å². The van der Waals surface area contributed by atoms with E-state index in [1.54, 1.807) is 0 Å². The van der Waals surface area contributed by atoms with Gasteiger partial charge in [-0.1, -0.05) is 18.9 Å². The largest absolute Gasteiger partial charge is 0.314 e. The summed E-state index contributed by atoms with van der Waals surface area (Å²) in [6, 6.07) is 2.41. The molecule has 3 nitrogen and oxygen atoms in total. The van der Waals surface area contributed by atoms with Crippen molar-refractivity contribution < 1.29 is 4.39 Å². The molecule has 0 aromatic carbocycles. The van der Waals surface area contributed by atoms with E-state index >= 15 is 0 Å². The summed E-state index contributed by atoms with van der Waals surface area (Å²) >= 11 is 1.97. The number of nitrogens with one attached hydrogen (secondary N) is 1. The van der Waals surface area contributed by atoms with Gasteiger partial charge < -0.3 is 5.32 Å². The third kappa shape index (κ3) is 3.44. The lowest BCUT2D eigenvalue weighted by Gasteiger charge is -2.41. The monoisotopic (exact) mass is 325 g/mol. The average Bonchev–Trinajstić information content (AvgIpc) is 3.35. The van der Waals surface area contributed by atoms with Crippen molar-refractivity contribution in [3.63, 3.8) is 0 Å². The predicted molar refractivity (Wildman–Crippen MR) is 89.2 cm³/mol. The van der Waals surface area contributed by atoms with Crippen molar-refractivity contribution in [1.29, 1.82) is 5.26 Å². The van der Waals surface area contributed by atoms with Crippen LogP contribution in [0, 0.1) is 23.2 Å². The molecule has 0 radical (unpaired) electrons. The van der Waals surface area contributed by atoms with Crippen molar-refractivity contribution in [1.82, 2.24) is 9.62 Å². The van der Waals surface area contributed by atoms with Gasteiger partial charge in [0.05, 0.1) is 12.0 Å². The highest BCUT2D eigenvalue weighted by Gasteiger charge is 2.54. The zero-order chi connectivity index (χ0) is 15.6. The second-order valence-corrected chi connectivity index (χ2v) is 8.51. The topological polar surface area (TPSA) is 39.1 Å². The molecule has 124 valence electrons. The molecule has 0 aromatic heterocycles. The van der Waals surface area contributed by atoms with Gasteiger partial charge in [-0.3, -0.25) is 0 Å². The smallest absolute Gasteiger partial charge is 0.100 e. The van der Waals surface area contributed by atoms with Crippen molar-refractivity contribution in [2.75, 3.05) is 19.6 Å². The molecule has 2 atom stereocenters. The highest BCUT2D eigenvalue weighted by Crippen LogP contribution is 2.55. The molecule has 3 rings (SSSR count). The van der Waals surface area contributed by atoms with Gasteiger partial charge in [-0.15, -0.1) is 0 Å². The molecule has 0 bridgehead atoms. The van der Waals surface area contributed by atoms with Crippen molar-refractivity contribution in [2.45, 2.75) is 68.8 Å². The minimum atomic E-state index is -0.561. The molecule has 0 amide bonds. The van der Waals surface area contributed by atoms with Gasteiger partial charge in [0.15, 0.2) is 0 Å². The Morgan fingerprint density at radius 2 is 2.00 bits per heavy atom. The first-order valence-corrected chi connectivity index (χ1v) is 9.70.